The highest BCUT2D eigenvalue weighted by atomic mass is 35.5. The van der Waals surface area contributed by atoms with Crippen molar-refractivity contribution in [2.24, 2.45) is 5.92 Å². The number of rotatable bonds is 10. The van der Waals surface area contributed by atoms with Gasteiger partial charge < -0.3 is 24.8 Å². The Labute approximate surface area is 203 Å². The molecule has 3 aromatic rings. The zero-order valence-corrected chi connectivity index (χ0v) is 20.4. The molecule has 0 spiro atoms. The molecule has 0 fully saturated rings. The van der Waals surface area contributed by atoms with Crippen LogP contribution in [0.25, 0.3) is 22.8 Å². The molecule has 1 atom stereocenters. The van der Waals surface area contributed by atoms with E-state index in [1.165, 1.54) is 0 Å². The summed E-state index contributed by atoms with van der Waals surface area (Å²) in [4.78, 5) is 20.1. The maximum Gasteiger partial charge on any atom is 0.259 e. The second-order valence-electron chi connectivity index (χ2n) is 8.54. The summed E-state index contributed by atoms with van der Waals surface area (Å²) in [5.74, 6) is 1.09. The first kappa shape index (κ1) is 25.6. The van der Waals surface area contributed by atoms with Crippen LogP contribution in [0.3, 0.4) is 0 Å². The Hall–Kier alpha value is -3.01. The molecule has 0 bridgehead atoms. The lowest BCUT2D eigenvalue weighted by Gasteiger charge is -2.16. The number of aliphatic hydroxyl groups excluding tert-OH is 2. The fraction of sp³-hybridized carbons (Fsp3) is 0.417. The molecular formula is C24H29ClN4O5. The average Bonchev–Trinajstić information content (AvgIpc) is 3.28. The van der Waals surface area contributed by atoms with Crippen LogP contribution in [-0.2, 0) is 11.2 Å². The number of hydrogen-bond acceptors (Lipinski definition) is 8. The van der Waals surface area contributed by atoms with Gasteiger partial charge in [0.05, 0.1) is 10.6 Å². The Kier molecular flexibility index (Phi) is 8.60. The standard InChI is InChI=1S/C24H29ClN4O5/c1-13(2)5-20-14(3)6-17(9-26-20)24-28-23(29-34-24)16-7-15(4)22(19(25)8-16)33-12-18(31)10-27-21(32)11-30/h6-9,13,18,30-31H,5,10-12H2,1-4H3,(H,27,32)/t18-/m0/s1. The number of hydrogen-bond donors (Lipinski definition) is 3. The molecule has 10 heteroatoms. The van der Waals surface area contributed by atoms with Crippen LogP contribution in [0.5, 0.6) is 5.75 Å². The minimum Gasteiger partial charge on any atom is -0.489 e. The van der Waals surface area contributed by atoms with Crippen molar-refractivity contribution in [1.29, 1.82) is 0 Å². The Balaban J connectivity index is 1.72. The Bertz CT molecular complexity index is 1130. The fourth-order valence-electron chi connectivity index (χ4n) is 3.35. The van der Waals surface area contributed by atoms with Gasteiger partial charge in [-0.3, -0.25) is 9.78 Å². The van der Waals surface area contributed by atoms with Crippen LogP contribution in [0.2, 0.25) is 5.02 Å². The molecule has 0 saturated heterocycles. The lowest BCUT2D eigenvalue weighted by molar-refractivity contribution is -0.124. The number of aryl methyl sites for hydroxylation is 2. The van der Waals surface area contributed by atoms with E-state index in [2.05, 4.69) is 34.3 Å². The van der Waals surface area contributed by atoms with E-state index >= 15 is 0 Å². The molecule has 9 nitrogen and oxygen atoms in total. The Morgan fingerprint density at radius 3 is 2.59 bits per heavy atom. The third-order valence-electron chi connectivity index (χ3n) is 5.05. The molecule has 2 aromatic heterocycles. The second-order valence-corrected chi connectivity index (χ2v) is 8.95. The van der Waals surface area contributed by atoms with Gasteiger partial charge in [0.25, 0.3) is 5.89 Å². The minimum atomic E-state index is -0.964. The number of pyridine rings is 1. The molecule has 1 aromatic carbocycles. The quantitative estimate of drug-likeness (QED) is 0.396. The first-order valence-electron chi connectivity index (χ1n) is 11.0. The summed E-state index contributed by atoms with van der Waals surface area (Å²) >= 11 is 6.42. The van der Waals surface area contributed by atoms with E-state index in [-0.39, 0.29) is 13.2 Å². The van der Waals surface area contributed by atoms with Crippen molar-refractivity contribution in [3.8, 4) is 28.6 Å². The minimum absolute atomic E-state index is 0.0490. The highest BCUT2D eigenvalue weighted by Gasteiger charge is 2.17. The van der Waals surface area contributed by atoms with E-state index in [9.17, 15) is 9.90 Å². The summed E-state index contributed by atoms with van der Waals surface area (Å²) in [7, 11) is 0. The average molecular weight is 489 g/mol. The zero-order chi connectivity index (χ0) is 24.8. The topological polar surface area (TPSA) is 131 Å². The molecule has 0 radical (unpaired) electrons. The van der Waals surface area contributed by atoms with Gasteiger partial charge in [0.15, 0.2) is 0 Å². The number of aliphatic hydroxyl groups is 2. The largest absolute Gasteiger partial charge is 0.489 e. The number of aromatic nitrogens is 3. The van der Waals surface area contributed by atoms with E-state index in [4.69, 9.17) is 26.0 Å². The molecule has 0 unspecified atom stereocenters. The smallest absolute Gasteiger partial charge is 0.259 e. The van der Waals surface area contributed by atoms with Crippen LogP contribution in [-0.4, -0.2) is 57.1 Å². The maximum absolute atomic E-state index is 11.1. The number of amides is 1. The SMILES string of the molecule is Cc1cc(-c2nc(-c3cc(C)c(OC[C@@H](O)CNC(=O)CO)c(Cl)c3)no2)cnc1CC(C)C. The van der Waals surface area contributed by atoms with E-state index in [0.717, 1.165) is 28.8 Å². The summed E-state index contributed by atoms with van der Waals surface area (Å²) in [5, 5.41) is 25.4. The number of carbonyl (C=O) groups excluding carboxylic acids is 1. The second kappa shape index (κ2) is 11.4. The summed E-state index contributed by atoms with van der Waals surface area (Å²) < 4.78 is 11.1. The molecule has 0 aliphatic heterocycles. The normalized spacial score (nSPS) is 12.1. The van der Waals surface area contributed by atoms with Crippen molar-refractivity contribution in [3.05, 3.63) is 46.2 Å². The number of nitrogens with zero attached hydrogens (tertiary/aromatic N) is 3. The Morgan fingerprint density at radius 2 is 1.94 bits per heavy atom. The van der Waals surface area contributed by atoms with Crippen LogP contribution in [0.4, 0.5) is 0 Å². The van der Waals surface area contributed by atoms with Gasteiger partial charge >= 0.3 is 0 Å². The molecule has 34 heavy (non-hydrogen) atoms. The van der Waals surface area contributed by atoms with Gasteiger partial charge in [0, 0.05) is 24.0 Å². The highest BCUT2D eigenvalue weighted by Crippen LogP contribution is 2.34. The third kappa shape index (κ3) is 6.53. The van der Waals surface area contributed by atoms with Gasteiger partial charge in [-0.05, 0) is 55.5 Å². The zero-order valence-electron chi connectivity index (χ0n) is 19.6. The molecule has 3 rings (SSSR count). The summed E-state index contributed by atoms with van der Waals surface area (Å²) in [5.41, 5.74) is 4.24. The highest BCUT2D eigenvalue weighted by molar-refractivity contribution is 6.32. The van der Waals surface area contributed by atoms with Crippen LogP contribution < -0.4 is 10.1 Å². The number of ether oxygens (including phenoxy) is 1. The van der Waals surface area contributed by atoms with Crippen molar-refractivity contribution in [1.82, 2.24) is 20.4 Å². The van der Waals surface area contributed by atoms with Crippen molar-refractivity contribution in [2.45, 2.75) is 40.2 Å². The summed E-state index contributed by atoms with van der Waals surface area (Å²) in [6, 6.07) is 5.46. The molecule has 182 valence electrons. The monoisotopic (exact) mass is 488 g/mol. The van der Waals surface area contributed by atoms with Crippen molar-refractivity contribution in [3.63, 3.8) is 0 Å². The maximum atomic E-state index is 11.1. The van der Waals surface area contributed by atoms with Crippen molar-refractivity contribution >= 4 is 17.5 Å². The van der Waals surface area contributed by atoms with Gasteiger partial charge in [-0.15, -0.1) is 0 Å². The molecule has 0 aliphatic rings. The predicted molar refractivity (Wildman–Crippen MR) is 128 cm³/mol. The first-order chi connectivity index (χ1) is 16.2. The van der Waals surface area contributed by atoms with Gasteiger partial charge in [-0.2, -0.15) is 4.98 Å². The number of halogens is 1. The lowest BCUT2D eigenvalue weighted by atomic mass is 10.0. The fourth-order valence-corrected chi connectivity index (χ4v) is 3.67. The summed E-state index contributed by atoms with van der Waals surface area (Å²) in [6.45, 7) is 7.37. The lowest BCUT2D eigenvalue weighted by Crippen LogP contribution is -2.36. The van der Waals surface area contributed by atoms with E-state index in [0.29, 0.717) is 34.0 Å². The van der Waals surface area contributed by atoms with E-state index in [1.807, 2.05) is 26.0 Å². The number of nitrogens with one attached hydrogen (secondary N) is 1. The van der Waals surface area contributed by atoms with Crippen LogP contribution in [0.1, 0.15) is 30.7 Å². The van der Waals surface area contributed by atoms with Gasteiger partial charge in [-0.25, -0.2) is 0 Å². The molecule has 2 heterocycles. The molecular weight excluding hydrogens is 460 g/mol. The number of benzene rings is 1. The molecule has 3 N–H and O–H groups in total. The van der Waals surface area contributed by atoms with Crippen LogP contribution >= 0.6 is 11.6 Å². The van der Waals surface area contributed by atoms with Gasteiger partial charge in [-0.1, -0.05) is 30.6 Å². The van der Waals surface area contributed by atoms with E-state index in [1.54, 1.807) is 12.3 Å². The molecule has 0 saturated carbocycles. The van der Waals surface area contributed by atoms with Crippen molar-refractivity contribution in [2.75, 3.05) is 19.8 Å². The third-order valence-corrected chi connectivity index (χ3v) is 5.33. The molecule has 1 amide bonds. The molecule has 0 aliphatic carbocycles. The van der Waals surface area contributed by atoms with Gasteiger partial charge in [0.2, 0.25) is 11.7 Å². The summed E-state index contributed by atoms with van der Waals surface area (Å²) in [6.07, 6.45) is 1.68. The predicted octanol–water partition coefficient (Wildman–Crippen LogP) is 3.12. The van der Waals surface area contributed by atoms with Crippen LogP contribution in [0.15, 0.2) is 28.9 Å². The first-order valence-corrected chi connectivity index (χ1v) is 11.3. The number of carbonyl (C=O) groups is 1. The van der Waals surface area contributed by atoms with Crippen molar-refractivity contribution < 1.29 is 24.3 Å². The van der Waals surface area contributed by atoms with Crippen LogP contribution in [0, 0.1) is 19.8 Å². The van der Waals surface area contributed by atoms with E-state index < -0.39 is 18.6 Å². The van der Waals surface area contributed by atoms with Gasteiger partial charge in [0.1, 0.15) is 25.1 Å². The Morgan fingerprint density at radius 1 is 1.21 bits per heavy atom.